The summed E-state index contributed by atoms with van der Waals surface area (Å²) in [6, 6.07) is 7.98. The van der Waals surface area contributed by atoms with Crippen molar-refractivity contribution in [2.24, 2.45) is 11.8 Å². The highest BCUT2D eigenvalue weighted by atomic mass is 16.2. The molecule has 0 bridgehead atoms. The molecule has 0 unspecified atom stereocenters. The molecular formula is C17H25N3O. The first-order valence-electron chi connectivity index (χ1n) is 7.59. The van der Waals surface area contributed by atoms with Gasteiger partial charge in [0.2, 0.25) is 0 Å². The van der Waals surface area contributed by atoms with Gasteiger partial charge in [0.15, 0.2) is 0 Å². The van der Waals surface area contributed by atoms with Crippen LogP contribution in [0.3, 0.4) is 0 Å². The summed E-state index contributed by atoms with van der Waals surface area (Å²) in [4.78, 5) is 11.8. The van der Waals surface area contributed by atoms with E-state index in [0.29, 0.717) is 18.4 Å². The number of hydrogen-bond donors (Lipinski definition) is 2. The van der Waals surface area contributed by atoms with Crippen molar-refractivity contribution in [2.75, 3.05) is 11.9 Å². The number of benzene rings is 1. The van der Waals surface area contributed by atoms with Gasteiger partial charge in [-0.3, -0.25) is 0 Å². The molecule has 0 fully saturated rings. The molecule has 0 saturated carbocycles. The molecule has 0 aliphatic heterocycles. The summed E-state index contributed by atoms with van der Waals surface area (Å²) in [6.45, 7) is 10.2. The summed E-state index contributed by atoms with van der Waals surface area (Å²) >= 11 is 0. The number of hydrogen-bond acceptors (Lipinski definition) is 1. The Hall–Kier alpha value is -1.97. The van der Waals surface area contributed by atoms with Gasteiger partial charge in [0.1, 0.15) is 0 Å². The number of aromatic nitrogens is 1. The summed E-state index contributed by atoms with van der Waals surface area (Å²) in [5.41, 5.74) is 2.03. The summed E-state index contributed by atoms with van der Waals surface area (Å²) in [5, 5.41) is 6.89. The number of nitrogens with one attached hydrogen (secondary N) is 2. The largest absolute Gasteiger partial charge is 0.347 e. The third-order valence-corrected chi connectivity index (χ3v) is 3.26. The molecule has 1 heterocycles. The first-order valence-corrected chi connectivity index (χ1v) is 7.59. The fourth-order valence-corrected chi connectivity index (χ4v) is 2.30. The van der Waals surface area contributed by atoms with E-state index in [1.807, 2.05) is 12.1 Å². The Kier molecular flexibility index (Phi) is 4.89. The Morgan fingerprint density at radius 2 is 1.90 bits per heavy atom. The highest BCUT2D eigenvalue weighted by Crippen LogP contribution is 2.21. The van der Waals surface area contributed by atoms with Gasteiger partial charge in [-0.1, -0.05) is 27.7 Å². The van der Waals surface area contributed by atoms with E-state index in [1.165, 1.54) is 5.52 Å². The molecule has 1 aromatic heterocycles. The SMILES string of the molecule is CC(C)CNC(=O)Nc1ccc2c(ccn2CC(C)C)c1. The summed E-state index contributed by atoms with van der Waals surface area (Å²) in [6.07, 6.45) is 2.10. The van der Waals surface area contributed by atoms with Crippen LogP contribution in [0, 0.1) is 11.8 Å². The topological polar surface area (TPSA) is 46.1 Å². The Labute approximate surface area is 126 Å². The molecule has 0 spiro atoms. The molecule has 114 valence electrons. The lowest BCUT2D eigenvalue weighted by atomic mass is 10.2. The van der Waals surface area contributed by atoms with Crippen molar-refractivity contribution in [1.82, 2.24) is 9.88 Å². The Morgan fingerprint density at radius 3 is 2.57 bits per heavy atom. The van der Waals surface area contributed by atoms with Crippen LogP contribution < -0.4 is 10.6 Å². The molecule has 0 radical (unpaired) electrons. The van der Waals surface area contributed by atoms with Gasteiger partial charge < -0.3 is 15.2 Å². The zero-order chi connectivity index (χ0) is 15.4. The maximum Gasteiger partial charge on any atom is 0.319 e. The molecule has 4 nitrogen and oxygen atoms in total. The van der Waals surface area contributed by atoms with Crippen molar-refractivity contribution in [3.05, 3.63) is 30.5 Å². The molecule has 2 amide bonds. The Morgan fingerprint density at radius 1 is 1.14 bits per heavy atom. The summed E-state index contributed by atoms with van der Waals surface area (Å²) < 4.78 is 2.25. The molecule has 21 heavy (non-hydrogen) atoms. The van der Waals surface area contributed by atoms with Crippen molar-refractivity contribution < 1.29 is 4.79 Å². The summed E-state index contributed by atoms with van der Waals surface area (Å²) in [7, 11) is 0. The molecule has 1 aromatic carbocycles. The van der Waals surface area contributed by atoms with Crippen molar-refractivity contribution in [3.8, 4) is 0 Å². The molecule has 2 rings (SSSR count). The third-order valence-electron chi connectivity index (χ3n) is 3.26. The van der Waals surface area contributed by atoms with Crippen LogP contribution in [-0.4, -0.2) is 17.1 Å². The number of carbonyl (C=O) groups is 1. The van der Waals surface area contributed by atoms with Gasteiger partial charge in [-0.2, -0.15) is 0 Å². The van der Waals surface area contributed by atoms with Crippen LogP contribution in [0.15, 0.2) is 30.5 Å². The molecule has 0 aliphatic rings. The maximum absolute atomic E-state index is 11.8. The lowest BCUT2D eigenvalue weighted by Crippen LogP contribution is -2.31. The fourth-order valence-electron chi connectivity index (χ4n) is 2.30. The van der Waals surface area contributed by atoms with Gasteiger partial charge in [-0.15, -0.1) is 0 Å². The highest BCUT2D eigenvalue weighted by Gasteiger charge is 2.06. The lowest BCUT2D eigenvalue weighted by molar-refractivity contribution is 0.251. The molecule has 0 aliphatic carbocycles. The number of nitrogens with zero attached hydrogens (tertiary/aromatic N) is 1. The molecule has 0 atom stereocenters. The summed E-state index contributed by atoms with van der Waals surface area (Å²) in [5.74, 6) is 1.06. The minimum Gasteiger partial charge on any atom is -0.347 e. The molecular weight excluding hydrogens is 262 g/mol. The molecule has 0 saturated heterocycles. The van der Waals surface area contributed by atoms with Gasteiger partial charge in [0, 0.05) is 35.9 Å². The van der Waals surface area contributed by atoms with E-state index in [9.17, 15) is 4.79 Å². The third kappa shape index (κ3) is 4.25. The average Bonchev–Trinajstić information content (AvgIpc) is 2.78. The second-order valence-corrected chi connectivity index (χ2v) is 6.36. The number of carbonyl (C=O) groups excluding carboxylic acids is 1. The van der Waals surface area contributed by atoms with Crippen LogP contribution in [0.5, 0.6) is 0 Å². The Bertz CT molecular complexity index is 614. The first kappa shape index (κ1) is 15.4. The van der Waals surface area contributed by atoms with Crippen LogP contribution in [0.2, 0.25) is 0 Å². The van der Waals surface area contributed by atoms with E-state index in [1.54, 1.807) is 0 Å². The number of fused-ring (bicyclic) bond motifs is 1. The van der Waals surface area contributed by atoms with Gasteiger partial charge in [0.05, 0.1) is 0 Å². The lowest BCUT2D eigenvalue weighted by Gasteiger charge is -2.11. The van der Waals surface area contributed by atoms with Crippen LogP contribution >= 0.6 is 0 Å². The molecule has 4 heteroatoms. The van der Waals surface area contributed by atoms with E-state index in [0.717, 1.165) is 17.6 Å². The highest BCUT2D eigenvalue weighted by molar-refractivity contribution is 5.92. The van der Waals surface area contributed by atoms with Crippen molar-refractivity contribution in [2.45, 2.75) is 34.2 Å². The maximum atomic E-state index is 11.8. The van der Waals surface area contributed by atoms with E-state index in [2.05, 4.69) is 61.2 Å². The van der Waals surface area contributed by atoms with Crippen LogP contribution in [0.25, 0.3) is 10.9 Å². The monoisotopic (exact) mass is 287 g/mol. The smallest absolute Gasteiger partial charge is 0.319 e. The average molecular weight is 287 g/mol. The van der Waals surface area contributed by atoms with Crippen LogP contribution in [-0.2, 0) is 6.54 Å². The second-order valence-electron chi connectivity index (χ2n) is 6.36. The number of rotatable bonds is 5. The number of urea groups is 1. The van der Waals surface area contributed by atoms with E-state index >= 15 is 0 Å². The first-order chi connectivity index (χ1) is 9.95. The number of anilines is 1. The van der Waals surface area contributed by atoms with Gasteiger partial charge >= 0.3 is 6.03 Å². The zero-order valence-electron chi connectivity index (χ0n) is 13.3. The van der Waals surface area contributed by atoms with Crippen LogP contribution in [0.4, 0.5) is 10.5 Å². The second kappa shape index (κ2) is 6.66. The quantitative estimate of drug-likeness (QED) is 0.855. The van der Waals surface area contributed by atoms with Gasteiger partial charge in [-0.25, -0.2) is 4.79 Å². The number of amides is 2. The van der Waals surface area contributed by atoms with E-state index in [-0.39, 0.29) is 6.03 Å². The van der Waals surface area contributed by atoms with Gasteiger partial charge in [-0.05, 0) is 36.1 Å². The van der Waals surface area contributed by atoms with Crippen molar-refractivity contribution >= 4 is 22.6 Å². The normalized spacial score (nSPS) is 11.3. The van der Waals surface area contributed by atoms with Crippen molar-refractivity contribution in [1.29, 1.82) is 0 Å². The van der Waals surface area contributed by atoms with E-state index < -0.39 is 0 Å². The van der Waals surface area contributed by atoms with Crippen molar-refractivity contribution in [3.63, 3.8) is 0 Å². The Balaban J connectivity index is 2.07. The van der Waals surface area contributed by atoms with Gasteiger partial charge in [0.25, 0.3) is 0 Å². The minimum absolute atomic E-state index is 0.148. The molecule has 2 N–H and O–H groups in total. The minimum atomic E-state index is -0.148. The predicted molar refractivity (Wildman–Crippen MR) is 88.6 cm³/mol. The van der Waals surface area contributed by atoms with Crippen LogP contribution in [0.1, 0.15) is 27.7 Å². The standard InChI is InChI=1S/C17H25N3O/c1-12(2)10-18-17(21)19-15-5-6-16-14(9-15)7-8-20(16)11-13(3)4/h5-9,12-13H,10-11H2,1-4H3,(H2,18,19,21). The fraction of sp³-hybridized carbons (Fsp3) is 0.471. The van der Waals surface area contributed by atoms with E-state index in [4.69, 9.17) is 0 Å². The predicted octanol–water partition coefficient (Wildman–Crippen LogP) is 4.07. The zero-order valence-corrected chi connectivity index (χ0v) is 13.3. The molecule has 2 aromatic rings.